The predicted molar refractivity (Wildman–Crippen MR) is 60.6 cm³/mol. The Hall–Kier alpha value is -1.26. The Morgan fingerprint density at radius 2 is 2.19 bits per heavy atom. The number of para-hydroxylation sites is 1. The van der Waals surface area contributed by atoms with E-state index in [4.69, 9.17) is 14.6 Å². The number of ether oxygens (including phenoxy) is 2. The number of fused-ring (bicyclic) bond motifs is 1. The standard InChI is InChI=1S/C12H17NO3/c14-7-2-1-6-13-8-10-4-3-5-11-12(10)16-9-15-11/h3-5,13-14H,1-2,6-9H2. The lowest BCUT2D eigenvalue weighted by Crippen LogP contribution is -2.15. The van der Waals surface area contributed by atoms with Gasteiger partial charge in [0.2, 0.25) is 6.79 Å². The summed E-state index contributed by atoms with van der Waals surface area (Å²) < 4.78 is 10.7. The summed E-state index contributed by atoms with van der Waals surface area (Å²) in [5, 5.41) is 12.0. The van der Waals surface area contributed by atoms with E-state index in [0.717, 1.165) is 43.0 Å². The van der Waals surface area contributed by atoms with Gasteiger partial charge in [-0.05, 0) is 25.5 Å². The van der Waals surface area contributed by atoms with Crippen LogP contribution in [0.3, 0.4) is 0 Å². The van der Waals surface area contributed by atoms with Crippen molar-refractivity contribution in [1.29, 1.82) is 0 Å². The van der Waals surface area contributed by atoms with Crippen molar-refractivity contribution in [3.05, 3.63) is 23.8 Å². The highest BCUT2D eigenvalue weighted by Crippen LogP contribution is 2.35. The highest BCUT2D eigenvalue weighted by molar-refractivity contribution is 5.47. The molecule has 0 bridgehead atoms. The lowest BCUT2D eigenvalue weighted by atomic mass is 10.2. The molecular weight excluding hydrogens is 206 g/mol. The van der Waals surface area contributed by atoms with Crippen LogP contribution in [0.2, 0.25) is 0 Å². The van der Waals surface area contributed by atoms with Crippen molar-refractivity contribution in [3.63, 3.8) is 0 Å². The number of nitrogens with one attached hydrogen (secondary N) is 1. The maximum absolute atomic E-state index is 8.65. The molecule has 4 heteroatoms. The predicted octanol–water partition coefficient (Wildman–Crippen LogP) is 1.28. The molecule has 1 aliphatic rings. The molecule has 1 heterocycles. The fraction of sp³-hybridized carbons (Fsp3) is 0.500. The first kappa shape index (κ1) is 11.2. The highest BCUT2D eigenvalue weighted by Gasteiger charge is 2.16. The summed E-state index contributed by atoms with van der Waals surface area (Å²) in [6, 6.07) is 5.92. The van der Waals surface area contributed by atoms with E-state index in [1.807, 2.05) is 18.2 Å². The van der Waals surface area contributed by atoms with Gasteiger partial charge in [-0.3, -0.25) is 0 Å². The van der Waals surface area contributed by atoms with E-state index in [9.17, 15) is 0 Å². The topological polar surface area (TPSA) is 50.7 Å². The molecule has 0 radical (unpaired) electrons. The molecule has 0 aromatic heterocycles. The number of aliphatic hydroxyl groups excluding tert-OH is 1. The van der Waals surface area contributed by atoms with Gasteiger partial charge in [0.15, 0.2) is 11.5 Å². The Balaban J connectivity index is 1.83. The molecular formula is C12H17NO3. The van der Waals surface area contributed by atoms with Crippen molar-refractivity contribution in [2.75, 3.05) is 19.9 Å². The van der Waals surface area contributed by atoms with Crippen LogP contribution in [0.25, 0.3) is 0 Å². The SMILES string of the molecule is OCCCCNCc1cccc2c1OCO2. The molecule has 0 atom stereocenters. The Labute approximate surface area is 95.2 Å². The average Bonchev–Trinajstić information content (AvgIpc) is 2.77. The van der Waals surface area contributed by atoms with E-state index < -0.39 is 0 Å². The van der Waals surface area contributed by atoms with Gasteiger partial charge in [-0.25, -0.2) is 0 Å². The maximum atomic E-state index is 8.65. The lowest BCUT2D eigenvalue weighted by Gasteiger charge is -2.07. The first-order chi connectivity index (χ1) is 7.92. The number of aliphatic hydroxyl groups is 1. The fourth-order valence-corrected chi connectivity index (χ4v) is 1.71. The Bertz CT molecular complexity index is 341. The third-order valence-electron chi connectivity index (χ3n) is 2.56. The normalized spacial score (nSPS) is 13.1. The highest BCUT2D eigenvalue weighted by atomic mass is 16.7. The van der Waals surface area contributed by atoms with Gasteiger partial charge in [-0.2, -0.15) is 0 Å². The van der Waals surface area contributed by atoms with Gasteiger partial charge in [0.1, 0.15) is 0 Å². The smallest absolute Gasteiger partial charge is 0.231 e. The zero-order valence-corrected chi connectivity index (χ0v) is 9.24. The van der Waals surface area contributed by atoms with Crippen LogP contribution in [-0.2, 0) is 6.54 Å². The number of hydrogen-bond donors (Lipinski definition) is 2. The molecule has 16 heavy (non-hydrogen) atoms. The number of rotatable bonds is 6. The second-order valence-electron chi connectivity index (χ2n) is 3.76. The van der Waals surface area contributed by atoms with Crippen molar-refractivity contribution in [2.24, 2.45) is 0 Å². The van der Waals surface area contributed by atoms with Crippen LogP contribution in [0.4, 0.5) is 0 Å². The van der Waals surface area contributed by atoms with E-state index in [0.29, 0.717) is 6.79 Å². The van der Waals surface area contributed by atoms with Crippen molar-refractivity contribution < 1.29 is 14.6 Å². The van der Waals surface area contributed by atoms with Crippen LogP contribution in [0.5, 0.6) is 11.5 Å². The van der Waals surface area contributed by atoms with Crippen LogP contribution in [-0.4, -0.2) is 25.1 Å². The van der Waals surface area contributed by atoms with Gasteiger partial charge in [0.25, 0.3) is 0 Å². The van der Waals surface area contributed by atoms with Crippen LogP contribution in [0.1, 0.15) is 18.4 Å². The molecule has 88 valence electrons. The summed E-state index contributed by atoms with van der Waals surface area (Å²) >= 11 is 0. The molecule has 2 N–H and O–H groups in total. The minimum Gasteiger partial charge on any atom is -0.454 e. The fourth-order valence-electron chi connectivity index (χ4n) is 1.71. The van der Waals surface area contributed by atoms with Crippen LogP contribution >= 0.6 is 0 Å². The molecule has 0 amide bonds. The summed E-state index contributed by atoms with van der Waals surface area (Å²) in [7, 11) is 0. The van der Waals surface area contributed by atoms with Crippen molar-refractivity contribution in [3.8, 4) is 11.5 Å². The van der Waals surface area contributed by atoms with E-state index >= 15 is 0 Å². The molecule has 2 rings (SSSR count). The first-order valence-corrected chi connectivity index (χ1v) is 5.61. The van der Waals surface area contributed by atoms with E-state index in [1.54, 1.807) is 0 Å². The first-order valence-electron chi connectivity index (χ1n) is 5.61. The van der Waals surface area contributed by atoms with Gasteiger partial charge >= 0.3 is 0 Å². The third kappa shape index (κ3) is 2.65. The molecule has 0 fully saturated rings. The van der Waals surface area contributed by atoms with Gasteiger partial charge in [-0.1, -0.05) is 12.1 Å². The summed E-state index contributed by atoms with van der Waals surface area (Å²) in [6.07, 6.45) is 1.84. The third-order valence-corrected chi connectivity index (χ3v) is 2.56. The van der Waals surface area contributed by atoms with Crippen molar-refractivity contribution >= 4 is 0 Å². The molecule has 0 saturated carbocycles. The van der Waals surface area contributed by atoms with E-state index in [-0.39, 0.29) is 6.61 Å². The second-order valence-corrected chi connectivity index (χ2v) is 3.76. The monoisotopic (exact) mass is 223 g/mol. The zero-order valence-electron chi connectivity index (χ0n) is 9.24. The summed E-state index contributed by atoms with van der Waals surface area (Å²) in [5.74, 6) is 1.69. The van der Waals surface area contributed by atoms with Crippen molar-refractivity contribution in [1.82, 2.24) is 5.32 Å². The zero-order chi connectivity index (χ0) is 11.2. The maximum Gasteiger partial charge on any atom is 0.231 e. The molecule has 0 aliphatic carbocycles. The number of unbranched alkanes of at least 4 members (excludes halogenated alkanes) is 1. The molecule has 0 saturated heterocycles. The minimum absolute atomic E-state index is 0.263. The van der Waals surface area contributed by atoms with Gasteiger partial charge in [0.05, 0.1) is 0 Å². The minimum atomic E-state index is 0.263. The van der Waals surface area contributed by atoms with Crippen LogP contribution < -0.4 is 14.8 Å². The van der Waals surface area contributed by atoms with Gasteiger partial charge in [-0.15, -0.1) is 0 Å². The quantitative estimate of drug-likeness (QED) is 0.713. The molecule has 1 aromatic rings. The van der Waals surface area contributed by atoms with Crippen LogP contribution in [0, 0.1) is 0 Å². The van der Waals surface area contributed by atoms with E-state index in [2.05, 4.69) is 5.32 Å². The molecule has 4 nitrogen and oxygen atoms in total. The van der Waals surface area contributed by atoms with Gasteiger partial charge in [0, 0.05) is 18.7 Å². The largest absolute Gasteiger partial charge is 0.454 e. The number of hydrogen-bond acceptors (Lipinski definition) is 4. The summed E-state index contributed by atoms with van der Waals surface area (Å²) in [5.41, 5.74) is 1.12. The summed E-state index contributed by atoms with van der Waals surface area (Å²) in [4.78, 5) is 0. The molecule has 0 spiro atoms. The van der Waals surface area contributed by atoms with Crippen molar-refractivity contribution in [2.45, 2.75) is 19.4 Å². The van der Waals surface area contributed by atoms with Gasteiger partial charge < -0.3 is 19.9 Å². The molecule has 1 aliphatic heterocycles. The Morgan fingerprint density at radius 1 is 1.25 bits per heavy atom. The van der Waals surface area contributed by atoms with Crippen LogP contribution in [0.15, 0.2) is 18.2 Å². The summed E-state index contributed by atoms with van der Waals surface area (Å²) in [6.45, 7) is 2.26. The average molecular weight is 223 g/mol. The number of benzene rings is 1. The Morgan fingerprint density at radius 3 is 3.06 bits per heavy atom. The lowest BCUT2D eigenvalue weighted by molar-refractivity contribution is 0.173. The molecule has 1 aromatic carbocycles. The second kappa shape index (κ2) is 5.72. The Kier molecular flexibility index (Phi) is 4.02. The molecule has 0 unspecified atom stereocenters. The van der Waals surface area contributed by atoms with E-state index in [1.165, 1.54) is 0 Å².